The fraction of sp³-hybridized carbons (Fsp3) is 0.429. The van der Waals surface area contributed by atoms with Gasteiger partial charge in [0.1, 0.15) is 6.04 Å². The molecule has 100 valence electrons. The molecule has 0 saturated carbocycles. The van der Waals surface area contributed by atoms with Crippen molar-refractivity contribution in [3.05, 3.63) is 29.8 Å². The molecule has 1 amide bonds. The van der Waals surface area contributed by atoms with Crippen LogP contribution in [0.25, 0.3) is 0 Å². The van der Waals surface area contributed by atoms with Crippen LogP contribution in [0.5, 0.6) is 0 Å². The van der Waals surface area contributed by atoms with Crippen LogP contribution in [-0.4, -0.2) is 40.2 Å². The van der Waals surface area contributed by atoms with Crippen molar-refractivity contribution in [1.82, 2.24) is 4.90 Å². The first-order valence-corrected chi connectivity index (χ1v) is 7.42. The Labute approximate surface area is 115 Å². The normalized spacial score (nSPS) is 25.4. The Bertz CT molecular complexity index is 531. The standard InChI is InChI=1S/C14H15NO3S/c16-13(15-7-3-5-11(15)14(17)18)10-8-19-12-6-2-1-4-9(10)12/h1-2,4,6,10-11H,3,5,7-8H2,(H,17,18)/t10-,11+/m1/s1. The van der Waals surface area contributed by atoms with E-state index in [0.29, 0.717) is 13.0 Å². The number of carbonyl (C=O) groups excluding carboxylic acids is 1. The van der Waals surface area contributed by atoms with E-state index in [4.69, 9.17) is 0 Å². The molecule has 2 aliphatic rings. The van der Waals surface area contributed by atoms with E-state index < -0.39 is 12.0 Å². The number of aliphatic carboxylic acids is 1. The summed E-state index contributed by atoms with van der Waals surface area (Å²) < 4.78 is 0. The predicted octanol–water partition coefficient (Wildman–Crippen LogP) is 1.95. The van der Waals surface area contributed by atoms with Gasteiger partial charge in [-0.05, 0) is 24.5 Å². The molecule has 4 nitrogen and oxygen atoms in total. The number of benzene rings is 1. The van der Waals surface area contributed by atoms with Gasteiger partial charge in [0.25, 0.3) is 0 Å². The maximum Gasteiger partial charge on any atom is 0.326 e. The summed E-state index contributed by atoms with van der Waals surface area (Å²) in [6.07, 6.45) is 1.35. The van der Waals surface area contributed by atoms with Crippen LogP contribution in [0, 0.1) is 0 Å². The van der Waals surface area contributed by atoms with E-state index in [2.05, 4.69) is 0 Å². The van der Waals surface area contributed by atoms with Crippen LogP contribution in [0.3, 0.4) is 0 Å². The van der Waals surface area contributed by atoms with Crippen molar-refractivity contribution in [3.63, 3.8) is 0 Å². The Balaban J connectivity index is 1.84. The average molecular weight is 277 g/mol. The molecule has 1 N–H and O–H groups in total. The third kappa shape index (κ3) is 2.12. The van der Waals surface area contributed by atoms with Gasteiger partial charge in [-0.2, -0.15) is 0 Å². The Morgan fingerprint density at radius 1 is 1.32 bits per heavy atom. The predicted molar refractivity (Wildman–Crippen MR) is 72.3 cm³/mol. The molecule has 3 rings (SSSR count). The summed E-state index contributed by atoms with van der Waals surface area (Å²) in [7, 11) is 0. The van der Waals surface area contributed by atoms with E-state index in [0.717, 1.165) is 22.6 Å². The zero-order valence-electron chi connectivity index (χ0n) is 10.4. The average Bonchev–Trinajstić information content (AvgIpc) is 3.05. The molecular weight excluding hydrogens is 262 g/mol. The Morgan fingerprint density at radius 3 is 2.89 bits per heavy atom. The lowest BCUT2D eigenvalue weighted by molar-refractivity contribution is -0.148. The molecule has 1 saturated heterocycles. The molecule has 5 heteroatoms. The fourth-order valence-electron chi connectivity index (χ4n) is 2.85. The summed E-state index contributed by atoms with van der Waals surface area (Å²) in [4.78, 5) is 26.4. The molecule has 0 aromatic heterocycles. The summed E-state index contributed by atoms with van der Waals surface area (Å²) in [6, 6.07) is 7.26. The largest absolute Gasteiger partial charge is 0.480 e. The smallest absolute Gasteiger partial charge is 0.326 e. The van der Waals surface area contributed by atoms with Gasteiger partial charge in [-0.3, -0.25) is 4.79 Å². The minimum atomic E-state index is -0.884. The summed E-state index contributed by atoms with van der Waals surface area (Å²) in [6.45, 7) is 0.569. The Kier molecular flexibility index (Phi) is 3.22. The first kappa shape index (κ1) is 12.5. The lowest BCUT2D eigenvalue weighted by Crippen LogP contribution is -2.42. The highest BCUT2D eigenvalue weighted by molar-refractivity contribution is 7.99. The number of carbonyl (C=O) groups is 2. The molecule has 2 aliphatic heterocycles. The second kappa shape index (κ2) is 4.89. The van der Waals surface area contributed by atoms with Gasteiger partial charge in [-0.25, -0.2) is 4.79 Å². The van der Waals surface area contributed by atoms with Crippen LogP contribution >= 0.6 is 11.8 Å². The summed E-state index contributed by atoms with van der Waals surface area (Å²) in [5.74, 6) is -0.366. The van der Waals surface area contributed by atoms with Crippen LogP contribution in [0.4, 0.5) is 0 Å². The molecule has 0 unspecified atom stereocenters. The van der Waals surface area contributed by atoms with Gasteiger partial charge in [0.2, 0.25) is 5.91 Å². The number of rotatable bonds is 2. The molecule has 0 radical (unpaired) electrons. The number of carboxylic acids is 1. The van der Waals surface area contributed by atoms with Gasteiger partial charge in [-0.1, -0.05) is 18.2 Å². The summed E-state index contributed by atoms with van der Waals surface area (Å²) >= 11 is 1.68. The van der Waals surface area contributed by atoms with Crippen LogP contribution in [0.2, 0.25) is 0 Å². The molecule has 1 fully saturated rings. The van der Waals surface area contributed by atoms with Crippen molar-refractivity contribution in [2.24, 2.45) is 0 Å². The van der Waals surface area contributed by atoms with E-state index in [1.165, 1.54) is 0 Å². The number of likely N-dealkylation sites (tertiary alicyclic amines) is 1. The summed E-state index contributed by atoms with van der Waals surface area (Å²) in [5, 5.41) is 9.17. The second-order valence-electron chi connectivity index (χ2n) is 4.93. The van der Waals surface area contributed by atoms with Crippen molar-refractivity contribution in [3.8, 4) is 0 Å². The van der Waals surface area contributed by atoms with Crippen LogP contribution < -0.4 is 0 Å². The highest BCUT2D eigenvalue weighted by atomic mass is 32.2. The van der Waals surface area contributed by atoms with Gasteiger partial charge >= 0.3 is 5.97 Å². The molecule has 2 atom stereocenters. The Hall–Kier alpha value is -1.49. The van der Waals surface area contributed by atoms with Crippen molar-refractivity contribution in [2.75, 3.05) is 12.3 Å². The van der Waals surface area contributed by atoms with Gasteiger partial charge in [-0.15, -0.1) is 11.8 Å². The van der Waals surface area contributed by atoms with Crippen molar-refractivity contribution in [2.45, 2.75) is 29.7 Å². The molecule has 1 aromatic rings. The molecule has 2 heterocycles. The SMILES string of the molecule is O=C(O)[C@@H]1CCCN1C(=O)[C@@H]1CSc2ccccc21. The van der Waals surface area contributed by atoms with Gasteiger partial charge < -0.3 is 10.0 Å². The first-order valence-electron chi connectivity index (χ1n) is 6.43. The molecular formula is C14H15NO3S. The fourth-order valence-corrected chi connectivity index (χ4v) is 4.07. The lowest BCUT2D eigenvalue weighted by Gasteiger charge is -2.24. The molecule has 0 aliphatic carbocycles. The molecule has 0 bridgehead atoms. The minimum absolute atomic E-state index is 0.0256. The van der Waals surface area contributed by atoms with Gasteiger partial charge in [0.15, 0.2) is 0 Å². The topological polar surface area (TPSA) is 57.6 Å². The van der Waals surface area contributed by atoms with E-state index in [1.54, 1.807) is 16.7 Å². The minimum Gasteiger partial charge on any atom is -0.480 e. The number of nitrogens with zero attached hydrogens (tertiary/aromatic N) is 1. The Morgan fingerprint density at radius 2 is 2.11 bits per heavy atom. The molecule has 0 spiro atoms. The molecule has 19 heavy (non-hydrogen) atoms. The molecule has 1 aromatic carbocycles. The number of hydrogen-bond donors (Lipinski definition) is 1. The first-order chi connectivity index (χ1) is 9.18. The van der Waals surface area contributed by atoms with Crippen LogP contribution in [0.15, 0.2) is 29.2 Å². The maximum atomic E-state index is 12.6. The van der Waals surface area contributed by atoms with Gasteiger partial charge in [0, 0.05) is 17.2 Å². The highest BCUT2D eigenvalue weighted by Gasteiger charge is 2.39. The van der Waals surface area contributed by atoms with Crippen molar-refractivity contribution >= 4 is 23.6 Å². The van der Waals surface area contributed by atoms with E-state index in [1.807, 2.05) is 24.3 Å². The highest BCUT2D eigenvalue weighted by Crippen LogP contribution is 2.41. The van der Waals surface area contributed by atoms with Crippen molar-refractivity contribution in [1.29, 1.82) is 0 Å². The van der Waals surface area contributed by atoms with Crippen LogP contribution in [0.1, 0.15) is 24.3 Å². The lowest BCUT2D eigenvalue weighted by atomic mass is 9.99. The zero-order chi connectivity index (χ0) is 13.4. The number of thioether (sulfide) groups is 1. The van der Waals surface area contributed by atoms with E-state index in [9.17, 15) is 14.7 Å². The zero-order valence-corrected chi connectivity index (χ0v) is 11.2. The van der Waals surface area contributed by atoms with E-state index in [-0.39, 0.29) is 11.8 Å². The number of hydrogen-bond acceptors (Lipinski definition) is 3. The third-order valence-corrected chi connectivity index (χ3v) is 5.00. The van der Waals surface area contributed by atoms with Crippen molar-refractivity contribution < 1.29 is 14.7 Å². The van der Waals surface area contributed by atoms with Gasteiger partial charge in [0.05, 0.1) is 5.92 Å². The second-order valence-corrected chi connectivity index (χ2v) is 5.99. The number of fused-ring (bicyclic) bond motifs is 1. The van der Waals surface area contributed by atoms with E-state index >= 15 is 0 Å². The quantitative estimate of drug-likeness (QED) is 0.897. The maximum absolute atomic E-state index is 12.6. The summed E-state index contributed by atoms with van der Waals surface area (Å²) in [5.41, 5.74) is 1.05. The number of carboxylic acid groups (broad SMARTS) is 1. The van der Waals surface area contributed by atoms with Crippen LogP contribution in [-0.2, 0) is 9.59 Å². The number of amides is 1. The third-order valence-electron chi connectivity index (χ3n) is 3.82. The monoisotopic (exact) mass is 277 g/mol.